The van der Waals surface area contributed by atoms with Crippen molar-refractivity contribution >= 4 is 21.6 Å². The van der Waals surface area contributed by atoms with E-state index in [4.69, 9.17) is 0 Å². The van der Waals surface area contributed by atoms with Crippen molar-refractivity contribution in [3.8, 4) is 11.1 Å². The van der Waals surface area contributed by atoms with Crippen LogP contribution in [0.1, 0.15) is 13.3 Å². The maximum Gasteiger partial charge on any atom is 0.0340 e. The van der Waals surface area contributed by atoms with Gasteiger partial charge in [-0.1, -0.05) is 47.1 Å². The predicted molar refractivity (Wildman–Crippen MR) is 78.4 cm³/mol. The molecule has 0 bridgehead atoms. The number of hydrogen-bond donors (Lipinski definition) is 1. The van der Waals surface area contributed by atoms with Crippen molar-refractivity contribution in [1.82, 2.24) is 0 Å². The summed E-state index contributed by atoms with van der Waals surface area (Å²) in [6, 6.07) is 17.0. The standard InChI is InChI=1S/C15H16BrN/c1-2-11-17-15-9-5-13(6-10-15)12-3-7-14(16)8-4-12/h3-10,17H,2,11H2,1H3. The van der Waals surface area contributed by atoms with Crippen molar-refractivity contribution in [3.05, 3.63) is 53.0 Å². The van der Waals surface area contributed by atoms with E-state index >= 15 is 0 Å². The SMILES string of the molecule is CCCNc1ccc(-c2ccc(Br)cc2)cc1. The van der Waals surface area contributed by atoms with Gasteiger partial charge in [-0.3, -0.25) is 0 Å². The van der Waals surface area contributed by atoms with Crippen molar-refractivity contribution in [2.75, 3.05) is 11.9 Å². The van der Waals surface area contributed by atoms with Gasteiger partial charge in [0.1, 0.15) is 0 Å². The molecule has 0 unspecified atom stereocenters. The summed E-state index contributed by atoms with van der Waals surface area (Å²) in [5.41, 5.74) is 3.68. The first-order chi connectivity index (χ1) is 8.29. The Bertz CT molecular complexity index is 459. The lowest BCUT2D eigenvalue weighted by atomic mass is 10.1. The zero-order valence-electron chi connectivity index (χ0n) is 9.91. The molecular weight excluding hydrogens is 274 g/mol. The lowest BCUT2D eigenvalue weighted by Gasteiger charge is -2.06. The molecule has 1 nitrogen and oxygen atoms in total. The minimum Gasteiger partial charge on any atom is -0.385 e. The zero-order valence-corrected chi connectivity index (χ0v) is 11.5. The topological polar surface area (TPSA) is 12.0 Å². The molecule has 0 saturated heterocycles. The maximum atomic E-state index is 3.45. The van der Waals surface area contributed by atoms with Crippen LogP contribution in [0.4, 0.5) is 5.69 Å². The lowest BCUT2D eigenvalue weighted by Crippen LogP contribution is -1.98. The second kappa shape index (κ2) is 5.87. The molecule has 88 valence electrons. The Morgan fingerprint density at radius 1 is 0.882 bits per heavy atom. The van der Waals surface area contributed by atoms with Crippen LogP contribution in [0.3, 0.4) is 0 Å². The highest BCUT2D eigenvalue weighted by Crippen LogP contribution is 2.23. The Labute approximate surface area is 111 Å². The summed E-state index contributed by atoms with van der Waals surface area (Å²) >= 11 is 3.45. The van der Waals surface area contributed by atoms with Gasteiger partial charge in [-0.05, 0) is 41.8 Å². The molecule has 1 N–H and O–H groups in total. The van der Waals surface area contributed by atoms with E-state index in [1.165, 1.54) is 16.8 Å². The van der Waals surface area contributed by atoms with Gasteiger partial charge in [0.25, 0.3) is 0 Å². The van der Waals surface area contributed by atoms with Crippen LogP contribution >= 0.6 is 15.9 Å². The summed E-state index contributed by atoms with van der Waals surface area (Å²) in [5.74, 6) is 0. The Morgan fingerprint density at radius 3 is 1.94 bits per heavy atom. The summed E-state index contributed by atoms with van der Waals surface area (Å²) < 4.78 is 1.11. The maximum absolute atomic E-state index is 3.45. The minimum absolute atomic E-state index is 1.03. The molecule has 2 aromatic carbocycles. The van der Waals surface area contributed by atoms with Gasteiger partial charge in [0, 0.05) is 16.7 Å². The first-order valence-electron chi connectivity index (χ1n) is 5.89. The molecule has 0 amide bonds. The minimum atomic E-state index is 1.03. The zero-order chi connectivity index (χ0) is 12.1. The number of anilines is 1. The van der Waals surface area contributed by atoms with E-state index in [2.05, 4.69) is 76.7 Å². The van der Waals surface area contributed by atoms with Gasteiger partial charge in [-0.15, -0.1) is 0 Å². The van der Waals surface area contributed by atoms with Crippen molar-refractivity contribution in [2.45, 2.75) is 13.3 Å². The Balaban J connectivity index is 2.14. The highest BCUT2D eigenvalue weighted by atomic mass is 79.9. The molecule has 2 rings (SSSR count). The molecule has 2 aromatic rings. The number of halogens is 1. The van der Waals surface area contributed by atoms with E-state index in [0.29, 0.717) is 0 Å². The lowest BCUT2D eigenvalue weighted by molar-refractivity contribution is 0.980. The first kappa shape index (κ1) is 12.2. The molecule has 0 aliphatic rings. The fourth-order valence-corrected chi connectivity index (χ4v) is 1.96. The molecular formula is C15H16BrN. The molecule has 0 heterocycles. The molecule has 17 heavy (non-hydrogen) atoms. The third-order valence-electron chi connectivity index (χ3n) is 2.64. The van der Waals surface area contributed by atoms with Crippen LogP contribution in [0.2, 0.25) is 0 Å². The second-order valence-electron chi connectivity index (χ2n) is 4.01. The molecule has 0 aliphatic heterocycles. The van der Waals surface area contributed by atoms with Crippen LogP contribution in [-0.4, -0.2) is 6.54 Å². The average Bonchev–Trinajstić information content (AvgIpc) is 2.38. The third-order valence-corrected chi connectivity index (χ3v) is 3.17. The van der Waals surface area contributed by atoms with Crippen LogP contribution in [0, 0.1) is 0 Å². The fourth-order valence-electron chi connectivity index (χ4n) is 1.69. The summed E-state index contributed by atoms with van der Waals surface area (Å²) in [7, 11) is 0. The van der Waals surface area contributed by atoms with Crippen LogP contribution in [-0.2, 0) is 0 Å². The van der Waals surface area contributed by atoms with E-state index < -0.39 is 0 Å². The highest BCUT2D eigenvalue weighted by Gasteiger charge is 1.97. The van der Waals surface area contributed by atoms with Crippen LogP contribution < -0.4 is 5.32 Å². The van der Waals surface area contributed by atoms with Crippen LogP contribution in [0.25, 0.3) is 11.1 Å². The smallest absolute Gasteiger partial charge is 0.0340 e. The quantitative estimate of drug-likeness (QED) is 0.841. The molecule has 0 atom stereocenters. The van der Waals surface area contributed by atoms with E-state index in [0.717, 1.165) is 17.4 Å². The van der Waals surface area contributed by atoms with E-state index in [1.807, 2.05) is 0 Å². The third kappa shape index (κ3) is 3.34. The molecule has 0 aliphatic carbocycles. The van der Waals surface area contributed by atoms with Crippen LogP contribution in [0.5, 0.6) is 0 Å². The number of benzene rings is 2. The van der Waals surface area contributed by atoms with Gasteiger partial charge in [0.05, 0.1) is 0 Å². The average molecular weight is 290 g/mol. The van der Waals surface area contributed by atoms with Gasteiger partial charge < -0.3 is 5.32 Å². The van der Waals surface area contributed by atoms with E-state index in [9.17, 15) is 0 Å². The van der Waals surface area contributed by atoms with Gasteiger partial charge in [0.2, 0.25) is 0 Å². The molecule has 0 radical (unpaired) electrons. The normalized spacial score (nSPS) is 10.2. The van der Waals surface area contributed by atoms with Gasteiger partial charge in [-0.2, -0.15) is 0 Å². The molecule has 0 spiro atoms. The van der Waals surface area contributed by atoms with Crippen molar-refractivity contribution < 1.29 is 0 Å². The number of rotatable bonds is 4. The molecule has 2 heteroatoms. The van der Waals surface area contributed by atoms with Gasteiger partial charge in [0.15, 0.2) is 0 Å². The Kier molecular flexibility index (Phi) is 4.21. The summed E-state index contributed by atoms with van der Waals surface area (Å²) in [5, 5.41) is 3.37. The van der Waals surface area contributed by atoms with Gasteiger partial charge >= 0.3 is 0 Å². The largest absolute Gasteiger partial charge is 0.385 e. The van der Waals surface area contributed by atoms with E-state index in [-0.39, 0.29) is 0 Å². The van der Waals surface area contributed by atoms with Crippen molar-refractivity contribution in [3.63, 3.8) is 0 Å². The van der Waals surface area contributed by atoms with Crippen LogP contribution in [0.15, 0.2) is 53.0 Å². The predicted octanol–water partition coefficient (Wildman–Crippen LogP) is 4.94. The summed E-state index contributed by atoms with van der Waals surface area (Å²) in [4.78, 5) is 0. The first-order valence-corrected chi connectivity index (χ1v) is 6.69. The van der Waals surface area contributed by atoms with Crippen molar-refractivity contribution in [1.29, 1.82) is 0 Å². The highest BCUT2D eigenvalue weighted by molar-refractivity contribution is 9.10. The Hall–Kier alpha value is -1.28. The second-order valence-corrected chi connectivity index (χ2v) is 4.93. The van der Waals surface area contributed by atoms with E-state index in [1.54, 1.807) is 0 Å². The fraction of sp³-hybridized carbons (Fsp3) is 0.200. The van der Waals surface area contributed by atoms with Gasteiger partial charge in [-0.25, -0.2) is 0 Å². The molecule has 0 aromatic heterocycles. The molecule has 0 fully saturated rings. The summed E-state index contributed by atoms with van der Waals surface area (Å²) in [6.07, 6.45) is 1.15. The molecule has 0 saturated carbocycles. The summed E-state index contributed by atoms with van der Waals surface area (Å²) in [6.45, 7) is 3.20. The number of nitrogens with one attached hydrogen (secondary N) is 1. The monoisotopic (exact) mass is 289 g/mol. The van der Waals surface area contributed by atoms with Crippen molar-refractivity contribution in [2.24, 2.45) is 0 Å². The Morgan fingerprint density at radius 2 is 1.41 bits per heavy atom. The number of hydrogen-bond acceptors (Lipinski definition) is 1.